The minimum absolute atomic E-state index is 0.0171. The maximum absolute atomic E-state index is 12.7. The average molecular weight is 381 g/mol. The number of rotatable bonds is 8. The highest BCUT2D eigenvalue weighted by molar-refractivity contribution is 7.52. The number of hydrogen-bond donors (Lipinski definition) is 3. The van der Waals surface area contributed by atoms with E-state index in [4.69, 9.17) is 25.3 Å². The minimum atomic E-state index is -1.79. The van der Waals surface area contributed by atoms with Gasteiger partial charge in [0.15, 0.2) is 5.54 Å². The number of carbonyl (C=O) groups is 2. The molecule has 0 saturated heterocycles. The van der Waals surface area contributed by atoms with Crippen LogP contribution >= 0.6 is 8.38 Å². The summed E-state index contributed by atoms with van der Waals surface area (Å²) in [5.74, 6) is -1.33. The fourth-order valence-corrected chi connectivity index (χ4v) is 3.97. The molecule has 0 spiro atoms. The van der Waals surface area contributed by atoms with Gasteiger partial charge in [0.2, 0.25) is 8.38 Å². The fraction of sp³-hybridized carbons (Fsp3) is 0.412. The zero-order valence-electron chi connectivity index (χ0n) is 15.1. The molecule has 0 aromatic heterocycles. The Morgan fingerprint density at radius 2 is 1.77 bits per heavy atom. The van der Waals surface area contributed by atoms with Crippen LogP contribution in [0.15, 0.2) is 35.3 Å². The molecule has 1 heterocycles. The van der Waals surface area contributed by atoms with Gasteiger partial charge in [-0.15, -0.1) is 0 Å². The number of para-hydroxylation sites is 1. The Morgan fingerprint density at radius 1 is 1.15 bits per heavy atom. The molecule has 0 saturated carbocycles. The van der Waals surface area contributed by atoms with Gasteiger partial charge in [-0.2, -0.15) is 0 Å². The Morgan fingerprint density at radius 3 is 2.35 bits per heavy atom. The van der Waals surface area contributed by atoms with Crippen molar-refractivity contribution < 1.29 is 23.4 Å². The molecule has 8 nitrogen and oxygen atoms in total. The Bertz CT molecular complexity index is 718. The van der Waals surface area contributed by atoms with Gasteiger partial charge in [0.05, 0.1) is 25.4 Å². The monoisotopic (exact) mass is 381 g/mol. The predicted octanol–water partition coefficient (Wildman–Crippen LogP) is 1.91. The van der Waals surface area contributed by atoms with Crippen LogP contribution in [0.3, 0.4) is 0 Å². The van der Waals surface area contributed by atoms with Crippen LogP contribution in [0.25, 0.3) is 0 Å². The first-order valence-electron chi connectivity index (χ1n) is 8.34. The van der Waals surface area contributed by atoms with E-state index in [-0.39, 0.29) is 17.6 Å². The number of nitrogens with one attached hydrogen (secondary N) is 1. The third-order valence-electron chi connectivity index (χ3n) is 3.78. The molecule has 1 amide bonds. The number of nitrogens with two attached hydrogens (primary N) is 2. The lowest BCUT2D eigenvalue weighted by Gasteiger charge is -2.28. The molecule has 1 aromatic rings. The van der Waals surface area contributed by atoms with Gasteiger partial charge in [0, 0.05) is 11.3 Å². The summed E-state index contributed by atoms with van der Waals surface area (Å²) in [5, 5.41) is 2.69. The van der Waals surface area contributed by atoms with Crippen molar-refractivity contribution in [2.75, 3.05) is 25.1 Å². The van der Waals surface area contributed by atoms with Gasteiger partial charge < -0.3 is 30.6 Å². The van der Waals surface area contributed by atoms with Crippen LogP contribution in [-0.4, -0.2) is 31.7 Å². The molecule has 2 rings (SSSR count). The summed E-state index contributed by atoms with van der Waals surface area (Å²) in [7, 11) is -1.76. The second-order valence-electron chi connectivity index (χ2n) is 5.38. The molecule has 1 aromatic carbocycles. The molecular formula is C17H24N3O5P. The highest BCUT2D eigenvalue weighted by Crippen LogP contribution is 2.50. The smallest absolute Gasteiger partial charge is 0.339 e. The molecular weight excluding hydrogens is 357 g/mol. The van der Waals surface area contributed by atoms with E-state index >= 15 is 0 Å². The lowest BCUT2D eigenvalue weighted by molar-refractivity contribution is -0.140. The van der Waals surface area contributed by atoms with Crippen LogP contribution in [0.4, 0.5) is 5.69 Å². The summed E-state index contributed by atoms with van der Waals surface area (Å²) < 4.78 is 16.2. The number of amides is 1. The maximum Gasteiger partial charge on any atom is 0.339 e. The molecule has 142 valence electrons. The molecule has 0 bridgehead atoms. The number of fused-ring (bicyclic) bond motifs is 1. The number of benzene rings is 1. The summed E-state index contributed by atoms with van der Waals surface area (Å²) in [5.41, 5.74) is 11.7. The van der Waals surface area contributed by atoms with E-state index < -0.39 is 25.8 Å². The van der Waals surface area contributed by atoms with Crippen LogP contribution in [0, 0.1) is 0 Å². The van der Waals surface area contributed by atoms with Crippen molar-refractivity contribution in [3.05, 3.63) is 40.8 Å². The van der Waals surface area contributed by atoms with E-state index in [1.807, 2.05) is 0 Å². The molecule has 9 heteroatoms. The lowest BCUT2D eigenvalue weighted by atomic mass is 9.85. The van der Waals surface area contributed by atoms with Gasteiger partial charge in [-0.25, -0.2) is 4.79 Å². The van der Waals surface area contributed by atoms with Crippen molar-refractivity contribution in [1.29, 1.82) is 0 Å². The molecule has 1 unspecified atom stereocenters. The van der Waals surface area contributed by atoms with Gasteiger partial charge in [-0.1, -0.05) is 18.2 Å². The second kappa shape index (κ2) is 8.60. The zero-order valence-corrected chi connectivity index (χ0v) is 16.0. The first-order valence-corrected chi connectivity index (χ1v) is 9.52. The predicted molar refractivity (Wildman–Crippen MR) is 99.0 cm³/mol. The van der Waals surface area contributed by atoms with Gasteiger partial charge in [0.1, 0.15) is 5.44 Å². The summed E-state index contributed by atoms with van der Waals surface area (Å²) >= 11 is 0. The standard InChI is InChI=1S/C17H24N3O5P/c1-4-23-15(21)13(14(18)26(24-5-2)25-6-3)17(19)11-9-7-8-10-12(11)20-16(17)22/h7-10H,4-6,18-19H2,1-3H3,(H,20,22)/b14-13+. The molecule has 0 fully saturated rings. The van der Waals surface area contributed by atoms with Crippen molar-refractivity contribution in [2.24, 2.45) is 11.5 Å². The molecule has 1 aliphatic heterocycles. The van der Waals surface area contributed by atoms with E-state index in [9.17, 15) is 9.59 Å². The Kier molecular flexibility index (Phi) is 6.72. The highest BCUT2D eigenvalue weighted by Gasteiger charge is 2.51. The largest absolute Gasteiger partial charge is 0.462 e. The fourth-order valence-electron chi connectivity index (χ4n) is 2.70. The van der Waals surface area contributed by atoms with Crippen molar-refractivity contribution in [3.63, 3.8) is 0 Å². The number of hydrogen-bond acceptors (Lipinski definition) is 7. The molecule has 0 radical (unpaired) electrons. The van der Waals surface area contributed by atoms with E-state index in [2.05, 4.69) is 5.32 Å². The maximum atomic E-state index is 12.7. The Balaban J connectivity index is 2.67. The van der Waals surface area contributed by atoms with Crippen LogP contribution < -0.4 is 16.8 Å². The number of anilines is 1. The molecule has 1 atom stereocenters. The van der Waals surface area contributed by atoms with Crippen molar-refractivity contribution in [1.82, 2.24) is 0 Å². The second-order valence-corrected chi connectivity index (χ2v) is 6.89. The highest BCUT2D eigenvalue weighted by atomic mass is 31.2. The van der Waals surface area contributed by atoms with E-state index in [0.29, 0.717) is 24.5 Å². The third kappa shape index (κ3) is 3.59. The zero-order chi connectivity index (χ0) is 19.3. The quantitative estimate of drug-likeness (QED) is 0.357. The lowest BCUT2D eigenvalue weighted by Crippen LogP contribution is -2.49. The Hall–Kier alpha value is -1.99. The third-order valence-corrected chi connectivity index (χ3v) is 5.38. The summed E-state index contributed by atoms with van der Waals surface area (Å²) in [6.07, 6.45) is 0. The molecule has 1 aliphatic rings. The van der Waals surface area contributed by atoms with Crippen LogP contribution in [0.2, 0.25) is 0 Å². The topological polar surface area (TPSA) is 126 Å². The van der Waals surface area contributed by atoms with E-state index in [0.717, 1.165) is 0 Å². The normalized spacial score (nSPS) is 19.8. The summed E-state index contributed by atoms with van der Waals surface area (Å²) in [6, 6.07) is 6.86. The minimum Gasteiger partial charge on any atom is -0.462 e. The van der Waals surface area contributed by atoms with E-state index in [1.165, 1.54) is 0 Å². The van der Waals surface area contributed by atoms with Gasteiger partial charge in [0.25, 0.3) is 5.91 Å². The van der Waals surface area contributed by atoms with Crippen molar-refractivity contribution in [3.8, 4) is 0 Å². The summed E-state index contributed by atoms with van der Waals surface area (Å²) in [6.45, 7) is 5.97. The summed E-state index contributed by atoms with van der Waals surface area (Å²) in [4.78, 5) is 25.5. The van der Waals surface area contributed by atoms with E-state index in [1.54, 1.807) is 45.0 Å². The number of esters is 1. The molecule has 26 heavy (non-hydrogen) atoms. The Labute approximate surface area is 153 Å². The number of carbonyl (C=O) groups excluding carboxylic acids is 2. The van der Waals surface area contributed by atoms with Gasteiger partial charge >= 0.3 is 5.97 Å². The van der Waals surface area contributed by atoms with Gasteiger partial charge in [-0.3, -0.25) is 4.79 Å². The molecule has 5 N–H and O–H groups in total. The first kappa shape index (κ1) is 20.3. The van der Waals surface area contributed by atoms with Crippen molar-refractivity contribution >= 4 is 25.9 Å². The van der Waals surface area contributed by atoms with Crippen LogP contribution in [-0.2, 0) is 28.9 Å². The molecule has 0 aliphatic carbocycles. The SMILES string of the molecule is CCOC(=O)/C(=C(/N)P(OCC)OCC)C1(N)C(=O)Nc2ccccc21. The van der Waals surface area contributed by atoms with Crippen LogP contribution in [0.5, 0.6) is 0 Å². The van der Waals surface area contributed by atoms with Crippen molar-refractivity contribution in [2.45, 2.75) is 26.3 Å². The number of ether oxygens (including phenoxy) is 1. The first-order chi connectivity index (χ1) is 12.4. The van der Waals surface area contributed by atoms with Gasteiger partial charge in [-0.05, 0) is 26.8 Å². The van der Waals surface area contributed by atoms with Crippen LogP contribution in [0.1, 0.15) is 26.3 Å². The average Bonchev–Trinajstić information content (AvgIpc) is 2.86.